The quantitative estimate of drug-likeness (QED) is 0.189. The molecule has 0 radical (unpaired) electrons. The summed E-state index contributed by atoms with van der Waals surface area (Å²) >= 11 is 0. The highest BCUT2D eigenvalue weighted by Crippen LogP contribution is 2.51. The molecular formula is C42H25BN2O. The van der Waals surface area contributed by atoms with Crippen molar-refractivity contribution >= 4 is 72.9 Å². The second-order valence-corrected chi connectivity index (χ2v) is 12.4. The SMILES string of the molecule is c1ccc(-c2cc3c4c5c2c2ccccc2n5-c2ccccc2B4N(c2ccccc2)c2c-3ccc3c2oc2ccccc23)cc1. The second kappa shape index (κ2) is 8.80. The first-order valence-corrected chi connectivity index (χ1v) is 15.9. The largest absolute Gasteiger partial charge is 0.454 e. The minimum absolute atomic E-state index is 0.0518. The summed E-state index contributed by atoms with van der Waals surface area (Å²) in [5, 5.41) is 4.87. The topological polar surface area (TPSA) is 21.3 Å². The van der Waals surface area contributed by atoms with Gasteiger partial charge in [-0.3, -0.25) is 0 Å². The summed E-state index contributed by atoms with van der Waals surface area (Å²) < 4.78 is 9.34. The van der Waals surface area contributed by atoms with Crippen LogP contribution in [0.1, 0.15) is 0 Å². The van der Waals surface area contributed by atoms with Gasteiger partial charge < -0.3 is 13.8 Å². The number of para-hydroxylation sites is 4. The van der Waals surface area contributed by atoms with Crippen molar-refractivity contribution in [1.29, 1.82) is 0 Å². The molecule has 46 heavy (non-hydrogen) atoms. The van der Waals surface area contributed by atoms with Gasteiger partial charge in [-0.05, 0) is 70.1 Å². The number of anilines is 2. The molecule has 3 nitrogen and oxygen atoms in total. The van der Waals surface area contributed by atoms with Crippen molar-refractivity contribution in [2.75, 3.05) is 4.81 Å². The van der Waals surface area contributed by atoms with Gasteiger partial charge in [0.05, 0.1) is 16.7 Å². The predicted molar refractivity (Wildman–Crippen MR) is 193 cm³/mol. The van der Waals surface area contributed by atoms with Crippen LogP contribution >= 0.6 is 0 Å². The molecule has 0 spiro atoms. The third-order valence-electron chi connectivity index (χ3n) is 10.2. The van der Waals surface area contributed by atoms with Gasteiger partial charge in [0.1, 0.15) is 5.58 Å². The van der Waals surface area contributed by atoms with E-state index in [4.69, 9.17) is 4.42 Å². The Bertz CT molecular complexity index is 2710. The summed E-state index contributed by atoms with van der Waals surface area (Å²) in [6.07, 6.45) is 0. The standard InChI is InChI=1S/C42H25BN2O/c1-3-13-26(14-4-1)32-25-33-29-23-24-30-28-17-8-12-22-37(28)46-42(30)40(29)45(27-15-5-2-6-16-27)43-34-19-9-11-21-36(34)44-35-20-10-7-18-31(35)38(32)41(44)39(33)43/h1-25H. The Balaban J connectivity index is 1.40. The van der Waals surface area contributed by atoms with Gasteiger partial charge in [0.15, 0.2) is 5.58 Å². The van der Waals surface area contributed by atoms with Gasteiger partial charge in [-0.15, -0.1) is 0 Å². The smallest absolute Gasteiger partial charge is 0.333 e. The van der Waals surface area contributed by atoms with Crippen LogP contribution in [-0.4, -0.2) is 11.4 Å². The fourth-order valence-corrected chi connectivity index (χ4v) is 8.36. The minimum atomic E-state index is -0.0518. The van der Waals surface area contributed by atoms with E-state index >= 15 is 0 Å². The molecule has 11 rings (SSSR count). The van der Waals surface area contributed by atoms with Crippen LogP contribution in [0.2, 0.25) is 0 Å². The van der Waals surface area contributed by atoms with Crippen LogP contribution in [0.3, 0.4) is 0 Å². The maximum absolute atomic E-state index is 6.82. The highest BCUT2D eigenvalue weighted by Gasteiger charge is 2.45. The average Bonchev–Trinajstić information content (AvgIpc) is 3.68. The molecule has 0 amide bonds. The number of rotatable bonds is 2. The van der Waals surface area contributed by atoms with E-state index in [2.05, 4.69) is 161 Å². The minimum Gasteiger partial charge on any atom is -0.454 e. The van der Waals surface area contributed by atoms with Gasteiger partial charge in [0.2, 0.25) is 0 Å². The molecule has 0 unspecified atom stereocenters. The first-order valence-electron chi connectivity index (χ1n) is 15.9. The van der Waals surface area contributed by atoms with Crippen LogP contribution in [0.4, 0.5) is 11.4 Å². The molecule has 0 saturated carbocycles. The highest BCUT2D eigenvalue weighted by molar-refractivity contribution is 6.94. The lowest BCUT2D eigenvalue weighted by atomic mass is 9.44. The van der Waals surface area contributed by atoms with Crippen molar-refractivity contribution in [3.05, 3.63) is 152 Å². The predicted octanol–water partition coefficient (Wildman–Crippen LogP) is 9.59. The molecule has 2 aliphatic rings. The zero-order valence-corrected chi connectivity index (χ0v) is 24.8. The molecule has 4 heterocycles. The maximum atomic E-state index is 6.82. The fourth-order valence-electron chi connectivity index (χ4n) is 8.36. The first-order chi connectivity index (χ1) is 22.9. The summed E-state index contributed by atoms with van der Waals surface area (Å²) in [6, 6.07) is 55.0. The molecule has 0 bridgehead atoms. The number of hydrogen-bond acceptors (Lipinski definition) is 2. The van der Waals surface area contributed by atoms with Crippen LogP contribution in [0.15, 0.2) is 156 Å². The van der Waals surface area contributed by atoms with Crippen LogP contribution in [-0.2, 0) is 0 Å². The molecule has 0 N–H and O–H groups in total. The number of nitrogens with zero attached hydrogens (tertiary/aromatic N) is 2. The van der Waals surface area contributed by atoms with Crippen molar-refractivity contribution in [2.45, 2.75) is 0 Å². The lowest BCUT2D eigenvalue weighted by Gasteiger charge is -2.42. The van der Waals surface area contributed by atoms with Crippen LogP contribution < -0.4 is 15.7 Å². The Hall–Kier alpha value is -6.00. The van der Waals surface area contributed by atoms with Gasteiger partial charge in [-0.2, -0.15) is 0 Å². The van der Waals surface area contributed by atoms with Gasteiger partial charge >= 0.3 is 6.85 Å². The number of aromatic nitrogens is 1. The van der Waals surface area contributed by atoms with E-state index in [9.17, 15) is 0 Å². The lowest BCUT2D eigenvalue weighted by molar-refractivity contribution is 0.669. The molecule has 7 aromatic carbocycles. The molecule has 212 valence electrons. The summed E-state index contributed by atoms with van der Waals surface area (Å²) in [7, 11) is 0. The summed E-state index contributed by atoms with van der Waals surface area (Å²) in [4.78, 5) is 2.55. The normalized spacial score (nSPS) is 13.1. The number of benzene rings is 7. The number of fused-ring (bicyclic) bond motifs is 12. The van der Waals surface area contributed by atoms with Crippen molar-refractivity contribution < 1.29 is 4.42 Å². The zero-order valence-electron chi connectivity index (χ0n) is 24.8. The third-order valence-corrected chi connectivity index (χ3v) is 10.2. The van der Waals surface area contributed by atoms with E-state index in [0.717, 1.165) is 33.3 Å². The fraction of sp³-hybridized carbons (Fsp3) is 0. The number of hydrogen-bond donors (Lipinski definition) is 0. The first kappa shape index (κ1) is 24.3. The summed E-state index contributed by atoms with van der Waals surface area (Å²) in [6.45, 7) is -0.0518. The van der Waals surface area contributed by atoms with E-state index in [1.54, 1.807) is 0 Å². The molecule has 2 aliphatic heterocycles. The van der Waals surface area contributed by atoms with E-state index in [-0.39, 0.29) is 6.85 Å². The van der Waals surface area contributed by atoms with Gasteiger partial charge in [0, 0.05) is 38.5 Å². The Morgan fingerprint density at radius 3 is 2.13 bits per heavy atom. The van der Waals surface area contributed by atoms with Gasteiger partial charge in [0.25, 0.3) is 0 Å². The molecule has 2 aromatic heterocycles. The average molecular weight is 584 g/mol. The number of furan rings is 1. The van der Waals surface area contributed by atoms with E-state index < -0.39 is 0 Å². The molecular weight excluding hydrogens is 559 g/mol. The van der Waals surface area contributed by atoms with Gasteiger partial charge in [-0.25, -0.2) is 0 Å². The zero-order chi connectivity index (χ0) is 29.9. The monoisotopic (exact) mass is 584 g/mol. The Morgan fingerprint density at radius 1 is 0.543 bits per heavy atom. The van der Waals surface area contributed by atoms with Crippen LogP contribution in [0.25, 0.3) is 71.7 Å². The second-order valence-electron chi connectivity index (χ2n) is 12.4. The van der Waals surface area contributed by atoms with E-state index in [1.165, 1.54) is 60.7 Å². The van der Waals surface area contributed by atoms with Crippen LogP contribution in [0, 0.1) is 0 Å². The summed E-state index contributed by atoms with van der Waals surface area (Å²) in [5.41, 5.74) is 15.4. The molecule has 4 heteroatoms. The molecule has 9 aromatic rings. The van der Waals surface area contributed by atoms with E-state index in [0.29, 0.717) is 0 Å². The van der Waals surface area contributed by atoms with Crippen molar-refractivity contribution in [2.24, 2.45) is 0 Å². The van der Waals surface area contributed by atoms with Crippen LogP contribution in [0.5, 0.6) is 0 Å². The van der Waals surface area contributed by atoms with Crippen molar-refractivity contribution in [3.8, 4) is 27.9 Å². The summed E-state index contributed by atoms with van der Waals surface area (Å²) in [5.74, 6) is 0. The van der Waals surface area contributed by atoms with E-state index in [1.807, 2.05) is 0 Å². The third kappa shape index (κ3) is 2.99. The lowest BCUT2D eigenvalue weighted by Crippen LogP contribution is -2.60. The van der Waals surface area contributed by atoms with Crippen molar-refractivity contribution in [3.63, 3.8) is 0 Å². The Kier molecular flexibility index (Phi) is 4.66. The Morgan fingerprint density at radius 2 is 1.26 bits per heavy atom. The molecule has 0 atom stereocenters. The maximum Gasteiger partial charge on any atom is 0.333 e. The molecule has 0 fully saturated rings. The molecule has 0 saturated heterocycles. The highest BCUT2D eigenvalue weighted by atomic mass is 16.3. The van der Waals surface area contributed by atoms with Gasteiger partial charge in [-0.1, -0.05) is 109 Å². The van der Waals surface area contributed by atoms with Crippen molar-refractivity contribution in [1.82, 2.24) is 4.57 Å². The molecule has 0 aliphatic carbocycles. The Labute approximate surface area is 265 Å².